The first-order valence-electron chi connectivity index (χ1n) is 6.06. The molecule has 0 aliphatic carbocycles. The Morgan fingerprint density at radius 3 is 2.64 bits per heavy atom. The van der Waals surface area contributed by atoms with Crippen LogP contribution in [0.1, 0.15) is 26.3 Å². The van der Waals surface area contributed by atoms with Crippen molar-refractivity contribution in [2.24, 2.45) is 0 Å². The van der Waals surface area contributed by atoms with Crippen LogP contribution in [0, 0.1) is 11.3 Å². The number of nitrogen functional groups attached to an aromatic ring is 1. The average molecular weight is 315 g/mol. The molecule has 0 saturated heterocycles. The lowest BCUT2D eigenvalue weighted by Gasteiger charge is -2.13. The largest absolute Gasteiger partial charge is 0.384 e. The summed E-state index contributed by atoms with van der Waals surface area (Å²) < 4.78 is 0.988. The molecule has 1 aliphatic heterocycles. The van der Waals surface area contributed by atoms with E-state index in [0.717, 1.165) is 10.6 Å². The van der Waals surface area contributed by atoms with E-state index in [9.17, 15) is 19.6 Å². The number of hydrogen-bond acceptors (Lipinski definition) is 5. The van der Waals surface area contributed by atoms with Crippen molar-refractivity contribution in [2.45, 2.75) is 0 Å². The van der Waals surface area contributed by atoms with Crippen LogP contribution in [-0.4, -0.2) is 16.4 Å². The number of carbonyl (C=O) groups is 2. The van der Waals surface area contributed by atoms with Gasteiger partial charge in [0, 0.05) is 6.07 Å². The van der Waals surface area contributed by atoms with Crippen molar-refractivity contribution in [3.05, 3.63) is 56.3 Å². The molecule has 1 aromatic heterocycles. The first kappa shape index (κ1) is 13.9. The molecule has 22 heavy (non-hydrogen) atoms. The number of anilines is 1. The molecule has 3 rings (SSSR count). The molecule has 0 fully saturated rings. The third-order valence-electron chi connectivity index (χ3n) is 3.30. The quantitative estimate of drug-likeness (QED) is 0.756. The Kier molecular flexibility index (Phi) is 2.97. The van der Waals surface area contributed by atoms with Crippen molar-refractivity contribution in [3.63, 3.8) is 0 Å². The van der Waals surface area contributed by atoms with Crippen molar-refractivity contribution in [2.75, 3.05) is 5.73 Å². The van der Waals surface area contributed by atoms with Gasteiger partial charge in [0.25, 0.3) is 17.4 Å². The number of nitrogens with zero attached hydrogens (tertiary/aromatic N) is 2. The molecule has 2 heterocycles. The van der Waals surface area contributed by atoms with Crippen molar-refractivity contribution >= 4 is 29.2 Å². The molecule has 8 heteroatoms. The number of nitrogens with two attached hydrogens (primary N) is 1. The summed E-state index contributed by atoms with van der Waals surface area (Å²) in [5, 5.41) is 11.4. The molecule has 0 spiro atoms. The van der Waals surface area contributed by atoms with E-state index in [0.29, 0.717) is 0 Å². The predicted molar refractivity (Wildman–Crippen MR) is 78.0 cm³/mol. The van der Waals surface area contributed by atoms with Crippen LogP contribution in [0.4, 0.5) is 5.82 Å². The smallest absolute Gasteiger partial charge is 0.262 e. The number of hydrogen-bond donors (Lipinski definition) is 2. The number of aromatic nitrogens is 1. The molecule has 2 amide bonds. The highest BCUT2D eigenvalue weighted by atomic mass is 35.5. The van der Waals surface area contributed by atoms with Crippen LogP contribution in [0.5, 0.6) is 0 Å². The Balaban J connectivity index is 2.41. The zero-order chi connectivity index (χ0) is 16.0. The second-order valence-corrected chi connectivity index (χ2v) is 4.93. The van der Waals surface area contributed by atoms with Gasteiger partial charge >= 0.3 is 0 Å². The number of pyridine rings is 1. The van der Waals surface area contributed by atoms with Gasteiger partial charge < -0.3 is 5.73 Å². The molecule has 1 aliphatic rings. The first-order valence-corrected chi connectivity index (χ1v) is 6.43. The molecule has 0 bridgehead atoms. The minimum Gasteiger partial charge on any atom is -0.384 e. The monoisotopic (exact) mass is 314 g/mol. The summed E-state index contributed by atoms with van der Waals surface area (Å²) in [4.78, 5) is 35.7. The highest BCUT2D eigenvalue weighted by Gasteiger charge is 2.32. The fourth-order valence-corrected chi connectivity index (χ4v) is 2.55. The Hall–Kier alpha value is -3.11. The van der Waals surface area contributed by atoms with Gasteiger partial charge in [-0.25, -0.2) is 0 Å². The zero-order valence-electron chi connectivity index (χ0n) is 10.9. The third-order valence-corrected chi connectivity index (χ3v) is 3.61. The van der Waals surface area contributed by atoms with Gasteiger partial charge in [-0.2, -0.15) is 5.26 Å². The normalized spacial score (nSPS) is 12.7. The van der Waals surface area contributed by atoms with Gasteiger partial charge in [-0.3, -0.25) is 24.3 Å². The van der Waals surface area contributed by atoms with E-state index in [1.165, 1.54) is 12.1 Å². The second kappa shape index (κ2) is 4.72. The van der Waals surface area contributed by atoms with Gasteiger partial charge in [0.2, 0.25) is 0 Å². The highest BCUT2D eigenvalue weighted by molar-refractivity contribution is 6.32. The van der Waals surface area contributed by atoms with Crippen LogP contribution >= 0.6 is 11.6 Å². The molecule has 7 nitrogen and oxygen atoms in total. The molecule has 2 aromatic rings. The van der Waals surface area contributed by atoms with E-state index in [-0.39, 0.29) is 33.2 Å². The van der Waals surface area contributed by atoms with Crippen LogP contribution in [0.3, 0.4) is 0 Å². The predicted octanol–water partition coefficient (Wildman–Crippen LogP) is 0.828. The molecular weight excluding hydrogens is 308 g/mol. The molecule has 108 valence electrons. The summed E-state index contributed by atoms with van der Waals surface area (Å²) >= 11 is 5.94. The van der Waals surface area contributed by atoms with Gasteiger partial charge in [-0.05, 0) is 12.1 Å². The minimum absolute atomic E-state index is 0.0441. The fraction of sp³-hybridized carbons (Fsp3) is 0. The van der Waals surface area contributed by atoms with Gasteiger partial charge in [0.1, 0.15) is 11.9 Å². The number of fused-ring (bicyclic) bond motifs is 1. The van der Waals surface area contributed by atoms with Crippen LogP contribution < -0.4 is 16.6 Å². The number of halogens is 1. The van der Waals surface area contributed by atoms with Crippen molar-refractivity contribution in [1.82, 2.24) is 9.88 Å². The lowest BCUT2D eigenvalue weighted by molar-refractivity contribution is 0.0880. The number of nitriles is 1. The number of benzene rings is 1. The number of carbonyl (C=O) groups excluding carboxylic acids is 2. The highest BCUT2D eigenvalue weighted by Crippen LogP contribution is 2.27. The Bertz CT molecular complexity index is 956. The first-order chi connectivity index (χ1) is 10.5. The summed E-state index contributed by atoms with van der Waals surface area (Å²) in [7, 11) is 0. The summed E-state index contributed by atoms with van der Waals surface area (Å²) in [5.74, 6) is -1.58. The van der Waals surface area contributed by atoms with E-state index in [1.807, 2.05) is 6.07 Å². The maximum absolute atomic E-state index is 12.3. The molecule has 1 aromatic carbocycles. The average Bonchev–Trinajstić information content (AvgIpc) is 2.74. The van der Waals surface area contributed by atoms with E-state index in [1.54, 1.807) is 6.07 Å². The van der Waals surface area contributed by atoms with E-state index >= 15 is 0 Å². The molecule has 0 radical (unpaired) electrons. The summed E-state index contributed by atoms with van der Waals surface area (Å²) in [6.45, 7) is 0. The van der Waals surface area contributed by atoms with Crippen LogP contribution in [0.15, 0.2) is 29.1 Å². The zero-order valence-corrected chi connectivity index (χ0v) is 11.6. The minimum atomic E-state index is -0.688. The van der Waals surface area contributed by atoms with Crippen molar-refractivity contribution < 1.29 is 9.59 Å². The van der Waals surface area contributed by atoms with E-state index in [4.69, 9.17) is 17.3 Å². The SMILES string of the molecule is N#Cc1c(Cl)cccc1-n1c(N)c2c(cc1=O)C(=O)NC2=O. The Labute approximate surface area is 128 Å². The Morgan fingerprint density at radius 2 is 1.95 bits per heavy atom. The molecule has 0 saturated carbocycles. The van der Waals surface area contributed by atoms with Gasteiger partial charge in [0.05, 0.1) is 27.4 Å². The van der Waals surface area contributed by atoms with Crippen molar-refractivity contribution in [3.8, 4) is 11.8 Å². The lowest BCUT2D eigenvalue weighted by atomic mass is 10.1. The number of rotatable bonds is 1. The van der Waals surface area contributed by atoms with Gasteiger partial charge in [0.15, 0.2) is 0 Å². The standard InChI is InChI=1S/C14H7ClN4O3/c15-8-2-1-3-9(7(8)5-16)19-10(20)4-6-11(12(19)17)14(22)18-13(6)21/h1-4H,17H2,(H,18,21,22). The van der Waals surface area contributed by atoms with Crippen LogP contribution in [0.2, 0.25) is 5.02 Å². The summed E-state index contributed by atoms with van der Waals surface area (Å²) in [5.41, 5.74) is 5.27. The molecule has 3 N–H and O–H groups in total. The topological polar surface area (TPSA) is 118 Å². The maximum Gasteiger partial charge on any atom is 0.262 e. The summed E-state index contributed by atoms with van der Waals surface area (Å²) in [6.07, 6.45) is 0. The van der Waals surface area contributed by atoms with E-state index < -0.39 is 17.4 Å². The van der Waals surface area contributed by atoms with Gasteiger partial charge in [-0.15, -0.1) is 0 Å². The van der Waals surface area contributed by atoms with Crippen LogP contribution in [-0.2, 0) is 0 Å². The maximum atomic E-state index is 12.3. The number of nitrogens with one attached hydrogen (secondary N) is 1. The molecule has 0 atom stereocenters. The third kappa shape index (κ3) is 1.78. The number of amides is 2. The molecular formula is C14H7ClN4O3. The Morgan fingerprint density at radius 1 is 1.23 bits per heavy atom. The van der Waals surface area contributed by atoms with Crippen molar-refractivity contribution in [1.29, 1.82) is 5.26 Å². The summed E-state index contributed by atoms with van der Waals surface area (Å²) in [6, 6.07) is 7.41. The van der Waals surface area contributed by atoms with E-state index in [2.05, 4.69) is 5.32 Å². The fourth-order valence-electron chi connectivity index (χ4n) is 2.34. The lowest BCUT2D eigenvalue weighted by Crippen LogP contribution is -2.24. The molecule has 0 unspecified atom stereocenters. The van der Waals surface area contributed by atoms with Gasteiger partial charge in [-0.1, -0.05) is 17.7 Å². The van der Waals surface area contributed by atoms with Crippen LogP contribution in [0.25, 0.3) is 5.69 Å². The second-order valence-electron chi connectivity index (χ2n) is 4.52. The number of imide groups is 1.